The number of hydrogen-bond acceptors (Lipinski definition) is 3. The second-order valence-corrected chi connectivity index (χ2v) is 9.15. The van der Waals surface area contributed by atoms with Gasteiger partial charge in [0.15, 0.2) is 0 Å². The molecule has 1 aromatic heterocycles. The third-order valence-electron chi connectivity index (χ3n) is 6.14. The number of carbonyl (C=O) groups excluding carboxylic acids is 1. The fourth-order valence-corrected chi connectivity index (χ4v) is 4.40. The van der Waals surface area contributed by atoms with Crippen LogP contribution in [-0.4, -0.2) is 10.5 Å². The Labute approximate surface area is 226 Å². The van der Waals surface area contributed by atoms with Gasteiger partial charge >= 0.3 is 0 Å². The smallest absolute Gasteiger partial charge is 0.266 e. The predicted octanol–water partition coefficient (Wildman–Crippen LogP) is 7.47. The fraction of sp³-hybridized carbons (Fsp3) is 0.0625. The molecule has 1 amide bonds. The number of nitriles is 1. The molecule has 6 heteroatoms. The average Bonchev–Trinajstić information content (AvgIpc) is 3.30. The molecule has 186 valence electrons. The van der Waals surface area contributed by atoms with Crippen LogP contribution in [0.15, 0.2) is 115 Å². The van der Waals surface area contributed by atoms with Crippen molar-refractivity contribution in [3.05, 3.63) is 137 Å². The lowest BCUT2D eigenvalue weighted by atomic mass is 10.1. The van der Waals surface area contributed by atoms with Crippen molar-refractivity contribution in [2.24, 2.45) is 0 Å². The number of rotatable bonds is 8. The van der Waals surface area contributed by atoms with Crippen LogP contribution in [-0.2, 0) is 17.9 Å². The van der Waals surface area contributed by atoms with E-state index in [2.05, 4.69) is 9.88 Å². The number of halogens is 1. The van der Waals surface area contributed by atoms with E-state index in [1.54, 1.807) is 30.3 Å². The molecule has 0 aliphatic heterocycles. The van der Waals surface area contributed by atoms with E-state index in [1.165, 1.54) is 0 Å². The Morgan fingerprint density at radius 3 is 2.39 bits per heavy atom. The molecule has 5 nitrogen and oxygen atoms in total. The van der Waals surface area contributed by atoms with E-state index in [4.69, 9.17) is 16.3 Å². The number of nitrogens with zero attached hydrogens (tertiary/aromatic N) is 2. The average molecular weight is 518 g/mol. The van der Waals surface area contributed by atoms with Gasteiger partial charge in [-0.25, -0.2) is 0 Å². The summed E-state index contributed by atoms with van der Waals surface area (Å²) >= 11 is 6.38. The maximum atomic E-state index is 13.0. The molecule has 0 unspecified atom stereocenters. The van der Waals surface area contributed by atoms with E-state index in [-0.39, 0.29) is 5.57 Å². The van der Waals surface area contributed by atoms with Crippen molar-refractivity contribution in [2.75, 3.05) is 5.32 Å². The first-order valence-corrected chi connectivity index (χ1v) is 12.5. The summed E-state index contributed by atoms with van der Waals surface area (Å²) in [6.07, 6.45) is 3.57. The number of amides is 1. The van der Waals surface area contributed by atoms with Crippen molar-refractivity contribution >= 4 is 40.2 Å². The molecule has 0 atom stereocenters. The highest BCUT2D eigenvalue weighted by atomic mass is 35.5. The number of benzene rings is 4. The molecule has 1 N–H and O–H groups in total. The molecule has 0 aliphatic rings. The molecule has 5 rings (SSSR count). The SMILES string of the molecule is N#C/C(=C\c1cn(Cc2ccccc2Cl)c2ccccc12)C(=O)Nc1ccc(OCc2ccccc2)cc1. The minimum Gasteiger partial charge on any atom is -0.489 e. The van der Waals surface area contributed by atoms with Gasteiger partial charge in [-0.05, 0) is 53.6 Å². The van der Waals surface area contributed by atoms with Gasteiger partial charge in [0, 0.05) is 39.9 Å². The van der Waals surface area contributed by atoms with Crippen molar-refractivity contribution < 1.29 is 9.53 Å². The lowest BCUT2D eigenvalue weighted by Gasteiger charge is -2.08. The van der Waals surface area contributed by atoms with Crippen molar-refractivity contribution in [3.63, 3.8) is 0 Å². The monoisotopic (exact) mass is 517 g/mol. The summed E-state index contributed by atoms with van der Waals surface area (Å²) in [7, 11) is 0. The first kappa shape index (κ1) is 24.9. The minimum absolute atomic E-state index is 0.00931. The Bertz CT molecular complexity index is 1650. The third-order valence-corrected chi connectivity index (χ3v) is 6.51. The molecule has 0 spiro atoms. The summed E-state index contributed by atoms with van der Waals surface area (Å²) < 4.78 is 7.88. The largest absolute Gasteiger partial charge is 0.489 e. The molecule has 0 saturated carbocycles. The first-order chi connectivity index (χ1) is 18.6. The molecule has 0 aliphatic carbocycles. The van der Waals surface area contributed by atoms with Gasteiger partial charge in [-0.1, -0.05) is 78.3 Å². The second kappa shape index (κ2) is 11.5. The number of fused-ring (bicyclic) bond motifs is 1. The van der Waals surface area contributed by atoms with Gasteiger partial charge in [0.25, 0.3) is 5.91 Å². The Hall–Kier alpha value is -4.79. The standard InChI is InChI=1S/C32H24ClN3O2/c33-30-12-6-4-10-24(30)20-36-21-26(29-11-5-7-13-31(29)36)18-25(19-34)32(37)35-27-14-16-28(17-15-27)38-22-23-8-2-1-3-9-23/h1-18,21H,20,22H2,(H,35,37)/b25-18+. The fourth-order valence-electron chi connectivity index (χ4n) is 4.21. The van der Waals surface area contributed by atoms with Crippen LogP contribution < -0.4 is 10.1 Å². The highest BCUT2D eigenvalue weighted by Gasteiger charge is 2.14. The van der Waals surface area contributed by atoms with E-state index in [1.807, 2.05) is 91.1 Å². The number of aromatic nitrogens is 1. The quantitative estimate of drug-likeness (QED) is 0.171. The minimum atomic E-state index is -0.478. The van der Waals surface area contributed by atoms with Crippen LogP contribution in [0.4, 0.5) is 5.69 Å². The zero-order chi connectivity index (χ0) is 26.3. The van der Waals surface area contributed by atoms with Crippen LogP contribution in [0.3, 0.4) is 0 Å². The Balaban J connectivity index is 1.32. The molecular formula is C32H24ClN3O2. The van der Waals surface area contributed by atoms with Crippen molar-refractivity contribution in [3.8, 4) is 11.8 Å². The van der Waals surface area contributed by atoms with Gasteiger partial charge in [-0.3, -0.25) is 4.79 Å². The summed E-state index contributed by atoms with van der Waals surface area (Å²) in [4.78, 5) is 13.0. The number of carbonyl (C=O) groups is 1. The molecule has 5 aromatic rings. The van der Waals surface area contributed by atoms with Crippen LogP contribution >= 0.6 is 11.6 Å². The molecule has 0 saturated heterocycles. The summed E-state index contributed by atoms with van der Waals surface area (Å²) in [6.45, 7) is 1.03. The summed E-state index contributed by atoms with van der Waals surface area (Å²) in [5, 5.41) is 14.2. The Kier molecular flexibility index (Phi) is 7.54. The van der Waals surface area contributed by atoms with Crippen molar-refractivity contribution in [2.45, 2.75) is 13.2 Å². The topological polar surface area (TPSA) is 67.0 Å². The number of nitrogens with one attached hydrogen (secondary N) is 1. The van der Waals surface area contributed by atoms with E-state index < -0.39 is 5.91 Å². The van der Waals surface area contributed by atoms with Crippen LogP contribution in [0.2, 0.25) is 5.02 Å². The maximum absolute atomic E-state index is 13.0. The van der Waals surface area contributed by atoms with Gasteiger partial charge in [0.05, 0.1) is 0 Å². The number of ether oxygens (including phenoxy) is 1. The van der Waals surface area contributed by atoms with E-state index in [0.29, 0.717) is 29.6 Å². The molecule has 0 fully saturated rings. The normalized spacial score (nSPS) is 11.2. The van der Waals surface area contributed by atoms with Crippen molar-refractivity contribution in [1.29, 1.82) is 5.26 Å². The van der Waals surface area contributed by atoms with Gasteiger partial charge in [0.1, 0.15) is 24.0 Å². The predicted molar refractivity (Wildman–Crippen MR) is 152 cm³/mol. The molecule has 0 bridgehead atoms. The molecular weight excluding hydrogens is 494 g/mol. The van der Waals surface area contributed by atoms with E-state index in [0.717, 1.165) is 27.6 Å². The molecule has 38 heavy (non-hydrogen) atoms. The van der Waals surface area contributed by atoms with Crippen LogP contribution in [0.1, 0.15) is 16.7 Å². The molecule has 1 heterocycles. The zero-order valence-corrected chi connectivity index (χ0v) is 21.2. The summed E-state index contributed by atoms with van der Waals surface area (Å²) in [5.41, 5.74) is 4.41. The van der Waals surface area contributed by atoms with Crippen LogP contribution in [0.5, 0.6) is 5.75 Å². The van der Waals surface area contributed by atoms with Crippen LogP contribution in [0, 0.1) is 11.3 Å². The summed E-state index contributed by atoms with van der Waals surface area (Å²) in [5.74, 6) is 0.211. The van der Waals surface area contributed by atoms with Crippen LogP contribution in [0.25, 0.3) is 17.0 Å². The molecule has 4 aromatic carbocycles. The highest BCUT2D eigenvalue weighted by molar-refractivity contribution is 6.31. The third kappa shape index (κ3) is 5.78. The second-order valence-electron chi connectivity index (χ2n) is 8.74. The lowest BCUT2D eigenvalue weighted by Crippen LogP contribution is -2.13. The summed E-state index contributed by atoms with van der Waals surface area (Å²) in [6, 6.07) is 34.6. The number of para-hydroxylation sites is 1. The van der Waals surface area contributed by atoms with Gasteiger partial charge in [0.2, 0.25) is 0 Å². The lowest BCUT2D eigenvalue weighted by molar-refractivity contribution is -0.112. The number of anilines is 1. The highest BCUT2D eigenvalue weighted by Crippen LogP contribution is 2.26. The maximum Gasteiger partial charge on any atom is 0.266 e. The van der Waals surface area contributed by atoms with Crippen molar-refractivity contribution in [1.82, 2.24) is 4.57 Å². The number of hydrogen-bond donors (Lipinski definition) is 1. The van der Waals surface area contributed by atoms with Gasteiger partial charge in [-0.15, -0.1) is 0 Å². The van der Waals surface area contributed by atoms with Gasteiger partial charge in [-0.2, -0.15) is 5.26 Å². The Morgan fingerprint density at radius 1 is 0.921 bits per heavy atom. The Morgan fingerprint density at radius 2 is 1.63 bits per heavy atom. The first-order valence-electron chi connectivity index (χ1n) is 12.1. The zero-order valence-electron chi connectivity index (χ0n) is 20.5. The van der Waals surface area contributed by atoms with Gasteiger partial charge < -0.3 is 14.6 Å². The van der Waals surface area contributed by atoms with E-state index in [9.17, 15) is 10.1 Å². The van der Waals surface area contributed by atoms with E-state index >= 15 is 0 Å². The molecule has 0 radical (unpaired) electrons.